The molecule has 1 N–H and O–H groups in total. The number of aryl methyl sites for hydroxylation is 1. The van der Waals surface area contributed by atoms with Crippen LogP contribution in [0.5, 0.6) is 5.75 Å². The smallest absolute Gasteiger partial charge is 0.234 e. The van der Waals surface area contributed by atoms with Crippen molar-refractivity contribution in [1.82, 2.24) is 14.8 Å². The minimum Gasteiger partial charge on any atom is -0.483 e. The van der Waals surface area contributed by atoms with Crippen LogP contribution < -0.4 is 10.1 Å². The van der Waals surface area contributed by atoms with Crippen LogP contribution in [0.25, 0.3) is 0 Å². The third kappa shape index (κ3) is 5.82. The quantitative estimate of drug-likeness (QED) is 0.418. The van der Waals surface area contributed by atoms with Crippen molar-refractivity contribution >= 4 is 58.2 Å². The highest BCUT2D eigenvalue weighted by Crippen LogP contribution is 2.27. The predicted octanol–water partition coefficient (Wildman–Crippen LogP) is 5.95. The molecule has 0 fully saturated rings. The highest BCUT2D eigenvalue weighted by molar-refractivity contribution is 7.99. The van der Waals surface area contributed by atoms with Gasteiger partial charge < -0.3 is 14.6 Å². The number of hydrogen-bond acceptors (Lipinski definition) is 5. The first-order valence-corrected chi connectivity index (χ1v) is 11.1. The minimum atomic E-state index is -0.333. The van der Waals surface area contributed by atoms with Crippen LogP contribution in [0.4, 0.5) is 5.69 Å². The molecule has 6 nitrogen and oxygen atoms in total. The Bertz CT molecular complexity index is 1050. The predicted molar refractivity (Wildman–Crippen MR) is 122 cm³/mol. The Kier molecular flexibility index (Phi) is 7.52. The zero-order chi connectivity index (χ0) is 21.8. The van der Waals surface area contributed by atoms with Crippen molar-refractivity contribution in [1.29, 1.82) is 0 Å². The maximum Gasteiger partial charge on any atom is 0.234 e. The van der Waals surface area contributed by atoms with Gasteiger partial charge in [-0.05, 0) is 55.8 Å². The first kappa shape index (κ1) is 22.7. The van der Waals surface area contributed by atoms with E-state index in [9.17, 15) is 4.79 Å². The second kappa shape index (κ2) is 9.92. The number of carbonyl (C=O) groups is 1. The Hall–Kier alpha value is -1.93. The number of carbonyl (C=O) groups excluding carboxylic acids is 1. The fourth-order valence-electron chi connectivity index (χ4n) is 2.71. The topological polar surface area (TPSA) is 69.0 Å². The van der Waals surface area contributed by atoms with Gasteiger partial charge in [0.25, 0.3) is 0 Å². The summed E-state index contributed by atoms with van der Waals surface area (Å²) in [7, 11) is 1.83. The Labute approximate surface area is 193 Å². The number of benzene rings is 2. The van der Waals surface area contributed by atoms with Crippen molar-refractivity contribution in [2.75, 3.05) is 11.1 Å². The molecule has 158 valence electrons. The summed E-state index contributed by atoms with van der Waals surface area (Å²) in [4.78, 5) is 12.2. The van der Waals surface area contributed by atoms with E-state index in [0.29, 0.717) is 37.5 Å². The molecule has 1 heterocycles. The number of halogens is 3. The third-order valence-corrected chi connectivity index (χ3v) is 6.03. The summed E-state index contributed by atoms with van der Waals surface area (Å²) in [6.45, 7) is 3.80. The number of hydrogen-bond donors (Lipinski definition) is 1. The lowest BCUT2D eigenvalue weighted by Gasteiger charge is -2.15. The van der Waals surface area contributed by atoms with Crippen LogP contribution in [-0.2, 0) is 11.8 Å². The van der Waals surface area contributed by atoms with Gasteiger partial charge in [0.05, 0.1) is 5.75 Å². The van der Waals surface area contributed by atoms with E-state index in [1.807, 2.05) is 37.6 Å². The van der Waals surface area contributed by atoms with Gasteiger partial charge in [-0.15, -0.1) is 10.2 Å². The van der Waals surface area contributed by atoms with Crippen LogP contribution in [0.2, 0.25) is 15.1 Å². The van der Waals surface area contributed by atoms with Crippen LogP contribution in [0.1, 0.15) is 24.4 Å². The molecule has 0 aliphatic carbocycles. The normalized spacial score (nSPS) is 11.9. The van der Waals surface area contributed by atoms with Gasteiger partial charge in [-0.3, -0.25) is 4.79 Å². The van der Waals surface area contributed by atoms with E-state index < -0.39 is 0 Å². The van der Waals surface area contributed by atoms with Gasteiger partial charge in [0.15, 0.2) is 17.1 Å². The summed E-state index contributed by atoms with van der Waals surface area (Å²) in [6.07, 6.45) is -0.333. The van der Waals surface area contributed by atoms with Gasteiger partial charge in [0.1, 0.15) is 5.75 Å². The van der Waals surface area contributed by atoms with Crippen molar-refractivity contribution in [2.24, 2.45) is 7.05 Å². The molecule has 3 rings (SSSR count). The highest BCUT2D eigenvalue weighted by atomic mass is 35.5. The molecule has 30 heavy (non-hydrogen) atoms. The van der Waals surface area contributed by atoms with Gasteiger partial charge in [0, 0.05) is 27.8 Å². The summed E-state index contributed by atoms with van der Waals surface area (Å²) in [6, 6.07) is 10.3. The van der Waals surface area contributed by atoms with Gasteiger partial charge in [-0.1, -0.05) is 46.6 Å². The SMILES string of the molecule is Cc1cc(OC(C)c2nnc(SCC(=O)Nc3cc(Cl)cc(Cl)c3)n2C)ccc1Cl. The van der Waals surface area contributed by atoms with E-state index in [0.717, 1.165) is 5.56 Å². The van der Waals surface area contributed by atoms with Crippen LogP contribution in [0.15, 0.2) is 41.6 Å². The minimum absolute atomic E-state index is 0.154. The zero-order valence-corrected chi connectivity index (χ0v) is 19.5. The Morgan fingerprint density at radius 2 is 1.87 bits per heavy atom. The molecule has 2 aromatic carbocycles. The van der Waals surface area contributed by atoms with Gasteiger partial charge in [0.2, 0.25) is 5.91 Å². The molecule has 0 spiro atoms. The van der Waals surface area contributed by atoms with E-state index in [1.54, 1.807) is 24.3 Å². The molecule has 0 radical (unpaired) electrons. The molecule has 1 atom stereocenters. The number of anilines is 1. The van der Waals surface area contributed by atoms with Gasteiger partial charge in [-0.25, -0.2) is 0 Å². The van der Waals surface area contributed by atoms with E-state index in [4.69, 9.17) is 39.5 Å². The molecule has 1 unspecified atom stereocenters. The lowest BCUT2D eigenvalue weighted by atomic mass is 10.2. The van der Waals surface area contributed by atoms with Crippen LogP contribution in [-0.4, -0.2) is 26.4 Å². The fraction of sp³-hybridized carbons (Fsp3) is 0.250. The molecule has 0 bridgehead atoms. The zero-order valence-electron chi connectivity index (χ0n) is 16.4. The standard InChI is InChI=1S/C20H19Cl3N4O2S/c1-11-6-16(4-5-17(11)23)29-12(2)19-25-26-20(27(19)3)30-10-18(28)24-15-8-13(21)7-14(22)9-15/h4-9,12H,10H2,1-3H3,(H,24,28). The Balaban J connectivity index is 1.60. The second-order valence-electron chi connectivity index (χ2n) is 6.57. The summed E-state index contributed by atoms with van der Waals surface area (Å²) in [5, 5.41) is 13.3. The number of rotatable bonds is 7. The molecule has 0 aliphatic heterocycles. The molecular weight excluding hydrogens is 467 g/mol. The number of ether oxygens (including phenoxy) is 1. The van der Waals surface area contributed by atoms with E-state index in [2.05, 4.69) is 15.5 Å². The summed E-state index contributed by atoms with van der Waals surface area (Å²) in [5.41, 5.74) is 1.47. The van der Waals surface area contributed by atoms with Crippen molar-refractivity contribution < 1.29 is 9.53 Å². The molecule has 1 aromatic heterocycles. The average molecular weight is 486 g/mol. The van der Waals surface area contributed by atoms with Crippen molar-refractivity contribution in [2.45, 2.75) is 25.1 Å². The first-order chi connectivity index (χ1) is 14.2. The maximum atomic E-state index is 12.2. The monoisotopic (exact) mass is 484 g/mol. The lowest BCUT2D eigenvalue weighted by Crippen LogP contribution is -2.15. The van der Waals surface area contributed by atoms with Crippen LogP contribution in [0.3, 0.4) is 0 Å². The Morgan fingerprint density at radius 1 is 1.17 bits per heavy atom. The Morgan fingerprint density at radius 3 is 2.53 bits per heavy atom. The first-order valence-electron chi connectivity index (χ1n) is 8.94. The molecule has 0 saturated heterocycles. The lowest BCUT2D eigenvalue weighted by molar-refractivity contribution is -0.113. The number of amides is 1. The van der Waals surface area contributed by atoms with Gasteiger partial charge >= 0.3 is 0 Å². The average Bonchev–Trinajstić information content (AvgIpc) is 3.03. The third-order valence-electron chi connectivity index (χ3n) is 4.15. The molecule has 10 heteroatoms. The summed E-state index contributed by atoms with van der Waals surface area (Å²) >= 11 is 19.2. The maximum absolute atomic E-state index is 12.2. The van der Waals surface area contributed by atoms with Crippen molar-refractivity contribution in [3.63, 3.8) is 0 Å². The van der Waals surface area contributed by atoms with Crippen molar-refractivity contribution in [3.8, 4) is 5.75 Å². The molecule has 1 amide bonds. The highest BCUT2D eigenvalue weighted by Gasteiger charge is 2.18. The number of nitrogens with zero attached hydrogens (tertiary/aromatic N) is 3. The molecule has 0 saturated carbocycles. The molecule has 3 aromatic rings. The number of thioether (sulfide) groups is 1. The molecular formula is C20H19Cl3N4O2S. The number of nitrogens with one attached hydrogen (secondary N) is 1. The largest absolute Gasteiger partial charge is 0.483 e. The van der Waals surface area contributed by atoms with E-state index >= 15 is 0 Å². The van der Waals surface area contributed by atoms with Crippen LogP contribution in [0, 0.1) is 6.92 Å². The second-order valence-corrected chi connectivity index (χ2v) is 8.79. The fourth-order valence-corrected chi connectivity index (χ4v) is 4.07. The van der Waals surface area contributed by atoms with E-state index in [1.165, 1.54) is 11.8 Å². The molecule has 0 aliphatic rings. The number of aromatic nitrogens is 3. The van der Waals surface area contributed by atoms with Crippen molar-refractivity contribution in [3.05, 3.63) is 62.9 Å². The van der Waals surface area contributed by atoms with Crippen LogP contribution >= 0.6 is 46.6 Å². The van der Waals surface area contributed by atoms with Gasteiger partial charge in [-0.2, -0.15) is 0 Å². The summed E-state index contributed by atoms with van der Waals surface area (Å²) < 4.78 is 7.77. The van der Waals surface area contributed by atoms with E-state index in [-0.39, 0.29) is 17.8 Å². The summed E-state index contributed by atoms with van der Waals surface area (Å²) in [5.74, 6) is 1.29.